The van der Waals surface area contributed by atoms with E-state index in [0.29, 0.717) is 13.2 Å². The van der Waals surface area contributed by atoms with Crippen molar-refractivity contribution < 1.29 is 19.7 Å². The Morgan fingerprint density at radius 2 is 1.09 bits per heavy atom. The predicted molar refractivity (Wildman–Crippen MR) is 88.8 cm³/mol. The molecule has 0 aliphatic heterocycles. The van der Waals surface area contributed by atoms with E-state index in [1.165, 1.54) is 8.92 Å². The quantitative estimate of drug-likeness (QED) is 0.535. The molecule has 2 aromatic rings. The normalized spacial score (nSPS) is 10.5. The molecule has 2 rings (SSSR count). The van der Waals surface area contributed by atoms with Crippen molar-refractivity contribution in [3.63, 3.8) is 0 Å². The maximum atomic E-state index is 8.89. The van der Waals surface area contributed by atoms with E-state index in [2.05, 4.69) is 12.1 Å². The first-order chi connectivity index (χ1) is 10.8. The van der Waals surface area contributed by atoms with E-state index >= 15 is 0 Å². The van der Waals surface area contributed by atoms with E-state index < -0.39 is 0 Å². The van der Waals surface area contributed by atoms with Crippen LogP contribution in [0.1, 0.15) is 0 Å². The summed E-state index contributed by atoms with van der Waals surface area (Å²) in [5, 5.41) is 17.8. The van der Waals surface area contributed by atoms with Gasteiger partial charge in [0.05, 0.1) is 0 Å². The van der Waals surface area contributed by atoms with Gasteiger partial charge in [0, 0.05) is 0 Å². The summed E-state index contributed by atoms with van der Waals surface area (Å²) in [6.45, 7) is 0.668. The van der Waals surface area contributed by atoms with Gasteiger partial charge in [0.2, 0.25) is 0 Å². The molecule has 0 spiro atoms. The van der Waals surface area contributed by atoms with Crippen molar-refractivity contribution >= 4 is 35.2 Å². The standard InChI is InChI=1S/C16H18O4Se2/c17-9-11-19-13-5-1-3-7-15(13)21-22-16-8-4-2-6-14(16)20-12-10-18/h1-8,17-18H,9-12H2. The van der Waals surface area contributed by atoms with Crippen LogP contribution in [-0.4, -0.2) is 62.9 Å². The summed E-state index contributed by atoms with van der Waals surface area (Å²) < 4.78 is 13.6. The van der Waals surface area contributed by atoms with Crippen LogP contribution in [-0.2, 0) is 0 Å². The zero-order chi connectivity index (χ0) is 15.6. The zero-order valence-corrected chi connectivity index (χ0v) is 15.4. The third-order valence-electron chi connectivity index (χ3n) is 2.62. The van der Waals surface area contributed by atoms with Crippen LogP contribution in [0.4, 0.5) is 0 Å². The first-order valence-corrected chi connectivity index (χ1v) is 12.9. The van der Waals surface area contributed by atoms with Gasteiger partial charge in [-0.15, -0.1) is 0 Å². The van der Waals surface area contributed by atoms with Gasteiger partial charge >= 0.3 is 141 Å². The number of ether oxygens (including phenoxy) is 2. The molecule has 0 aliphatic rings. The molecule has 0 amide bonds. The Balaban J connectivity index is 2.04. The van der Waals surface area contributed by atoms with Crippen molar-refractivity contribution in [3.8, 4) is 11.5 Å². The fraction of sp³-hybridized carbons (Fsp3) is 0.250. The molecule has 22 heavy (non-hydrogen) atoms. The number of rotatable bonds is 9. The minimum atomic E-state index is 0.0182. The van der Waals surface area contributed by atoms with Gasteiger partial charge in [-0.1, -0.05) is 0 Å². The van der Waals surface area contributed by atoms with Crippen molar-refractivity contribution in [1.82, 2.24) is 0 Å². The van der Waals surface area contributed by atoms with Gasteiger partial charge in [-0.05, 0) is 0 Å². The van der Waals surface area contributed by atoms with Crippen molar-refractivity contribution in [2.24, 2.45) is 0 Å². The summed E-state index contributed by atoms with van der Waals surface area (Å²) >= 11 is 0.523. The first-order valence-electron chi connectivity index (χ1n) is 6.85. The molecule has 0 aromatic heterocycles. The van der Waals surface area contributed by atoms with Gasteiger partial charge in [0.1, 0.15) is 0 Å². The second kappa shape index (κ2) is 9.90. The van der Waals surface area contributed by atoms with Gasteiger partial charge in [0.15, 0.2) is 0 Å². The van der Waals surface area contributed by atoms with Gasteiger partial charge < -0.3 is 0 Å². The number of aliphatic hydroxyl groups is 2. The minimum absolute atomic E-state index is 0.0182. The summed E-state index contributed by atoms with van der Waals surface area (Å²) in [6.07, 6.45) is 0. The molecular weight excluding hydrogens is 414 g/mol. The van der Waals surface area contributed by atoms with Gasteiger partial charge in [-0.2, -0.15) is 0 Å². The Labute approximate surface area is 141 Å². The maximum absolute atomic E-state index is 8.89. The predicted octanol–water partition coefficient (Wildman–Crippen LogP) is -0.297. The van der Waals surface area contributed by atoms with Gasteiger partial charge in [-0.3, -0.25) is 0 Å². The molecule has 0 atom stereocenters. The Bertz CT molecular complexity index is 526. The molecule has 2 aromatic carbocycles. The van der Waals surface area contributed by atoms with E-state index in [0.717, 1.165) is 11.5 Å². The van der Waals surface area contributed by atoms with Gasteiger partial charge in [-0.25, -0.2) is 0 Å². The summed E-state index contributed by atoms with van der Waals surface area (Å²) in [4.78, 5) is 0. The zero-order valence-electron chi connectivity index (χ0n) is 12.0. The van der Waals surface area contributed by atoms with Gasteiger partial charge in [0.25, 0.3) is 0 Å². The monoisotopic (exact) mass is 434 g/mol. The van der Waals surface area contributed by atoms with Crippen LogP contribution in [0, 0.1) is 0 Å². The van der Waals surface area contributed by atoms with Crippen LogP contribution in [0.15, 0.2) is 48.5 Å². The second-order valence-electron chi connectivity index (χ2n) is 4.20. The van der Waals surface area contributed by atoms with Crippen LogP contribution in [0.25, 0.3) is 0 Å². The molecule has 0 radical (unpaired) electrons. The van der Waals surface area contributed by atoms with Crippen LogP contribution >= 0.6 is 0 Å². The van der Waals surface area contributed by atoms with E-state index in [-0.39, 0.29) is 39.5 Å². The molecular formula is C16H18O4Se2. The van der Waals surface area contributed by atoms with Crippen LogP contribution in [0.3, 0.4) is 0 Å². The Hall–Kier alpha value is -1.00. The molecule has 0 saturated heterocycles. The number of benzene rings is 2. The molecule has 118 valence electrons. The fourth-order valence-corrected chi connectivity index (χ4v) is 8.45. The van der Waals surface area contributed by atoms with Crippen LogP contribution in [0.5, 0.6) is 11.5 Å². The Morgan fingerprint density at radius 1 is 0.682 bits per heavy atom. The average Bonchev–Trinajstić information content (AvgIpc) is 2.57. The number of hydrogen-bond donors (Lipinski definition) is 2. The number of hydrogen-bond acceptors (Lipinski definition) is 4. The average molecular weight is 432 g/mol. The van der Waals surface area contributed by atoms with Crippen molar-refractivity contribution in [3.05, 3.63) is 48.5 Å². The second-order valence-corrected chi connectivity index (χ2v) is 10.4. The molecule has 0 saturated carbocycles. The van der Waals surface area contributed by atoms with Crippen molar-refractivity contribution in [2.45, 2.75) is 0 Å². The molecule has 2 N–H and O–H groups in total. The molecule has 0 bridgehead atoms. The van der Waals surface area contributed by atoms with Crippen molar-refractivity contribution in [2.75, 3.05) is 26.4 Å². The SMILES string of the molecule is OCCOc1ccccc1[Se][Se]c1ccccc1OCCO. The fourth-order valence-electron chi connectivity index (χ4n) is 1.68. The van der Waals surface area contributed by atoms with Crippen LogP contribution in [0.2, 0.25) is 0 Å². The number of para-hydroxylation sites is 2. The van der Waals surface area contributed by atoms with E-state index in [1.54, 1.807) is 0 Å². The first kappa shape index (κ1) is 17.4. The van der Waals surface area contributed by atoms with E-state index in [4.69, 9.17) is 19.7 Å². The summed E-state index contributed by atoms with van der Waals surface area (Å²) in [5.74, 6) is 1.71. The molecule has 0 aliphatic carbocycles. The molecule has 0 heterocycles. The molecule has 0 unspecified atom stereocenters. The van der Waals surface area contributed by atoms with Crippen LogP contribution < -0.4 is 18.4 Å². The molecule has 6 heteroatoms. The molecule has 4 nitrogen and oxygen atoms in total. The summed E-state index contributed by atoms with van der Waals surface area (Å²) in [6, 6.07) is 15.9. The third kappa shape index (κ3) is 5.32. The summed E-state index contributed by atoms with van der Waals surface area (Å²) in [7, 11) is 0. The topological polar surface area (TPSA) is 58.9 Å². The third-order valence-corrected chi connectivity index (χ3v) is 9.78. The van der Waals surface area contributed by atoms with E-state index in [9.17, 15) is 0 Å². The Morgan fingerprint density at radius 3 is 1.50 bits per heavy atom. The summed E-state index contributed by atoms with van der Waals surface area (Å²) in [5.41, 5.74) is 0. The molecule has 0 fully saturated rings. The Kier molecular flexibility index (Phi) is 7.81. The van der Waals surface area contributed by atoms with E-state index in [1.807, 2.05) is 36.4 Å². The van der Waals surface area contributed by atoms with Crippen molar-refractivity contribution in [1.29, 1.82) is 0 Å². The number of aliphatic hydroxyl groups excluding tert-OH is 2.